The van der Waals surface area contributed by atoms with Crippen LogP contribution >= 0.6 is 0 Å². The molecule has 4 nitrogen and oxygen atoms in total. The topological polar surface area (TPSA) is 45.5 Å². The molecule has 2 aliphatic rings. The normalized spacial score (nSPS) is 28.9. The van der Waals surface area contributed by atoms with Crippen LogP contribution in [0.3, 0.4) is 0 Å². The molecule has 1 aromatic heterocycles. The molecule has 1 aromatic rings. The summed E-state index contributed by atoms with van der Waals surface area (Å²) in [5, 5.41) is 9.21. The van der Waals surface area contributed by atoms with Crippen molar-refractivity contribution < 1.29 is 9.90 Å². The Labute approximate surface area is 120 Å². The minimum atomic E-state index is -0.818. The van der Waals surface area contributed by atoms with Crippen molar-refractivity contribution in [1.29, 1.82) is 0 Å². The minimum Gasteiger partial charge on any atom is -0.477 e. The number of piperidine rings is 1. The smallest absolute Gasteiger partial charge is 0.352 e. The quantitative estimate of drug-likeness (QED) is 0.923. The molecule has 1 N–H and O–H groups in total. The summed E-state index contributed by atoms with van der Waals surface area (Å²) < 4.78 is 1.96. The number of hydrogen-bond acceptors (Lipinski definition) is 2. The van der Waals surface area contributed by atoms with Crippen LogP contribution < -0.4 is 0 Å². The summed E-state index contributed by atoms with van der Waals surface area (Å²) in [5.74, 6) is 0.0582. The Morgan fingerprint density at radius 1 is 1.20 bits per heavy atom. The molecule has 1 aliphatic heterocycles. The fourth-order valence-electron chi connectivity index (χ4n) is 3.93. The summed E-state index contributed by atoms with van der Waals surface area (Å²) in [6.07, 6.45) is 8.11. The van der Waals surface area contributed by atoms with E-state index in [0.29, 0.717) is 11.7 Å². The van der Waals surface area contributed by atoms with Crippen molar-refractivity contribution >= 4 is 5.97 Å². The number of rotatable bonds is 3. The Bertz CT molecular complexity index is 475. The highest BCUT2D eigenvalue weighted by atomic mass is 16.4. The summed E-state index contributed by atoms with van der Waals surface area (Å²) in [6, 6.07) is 4.67. The van der Waals surface area contributed by atoms with Gasteiger partial charge in [0.05, 0.1) is 0 Å². The molecule has 1 saturated heterocycles. The van der Waals surface area contributed by atoms with Gasteiger partial charge in [0, 0.05) is 31.4 Å². The molecule has 2 unspecified atom stereocenters. The van der Waals surface area contributed by atoms with E-state index in [1.807, 2.05) is 16.8 Å². The lowest BCUT2D eigenvalue weighted by atomic mass is 10.0. The highest BCUT2D eigenvalue weighted by Crippen LogP contribution is 2.33. The van der Waals surface area contributed by atoms with Crippen molar-refractivity contribution in [2.75, 3.05) is 13.1 Å². The zero-order valence-corrected chi connectivity index (χ0v) is 12.2. The Hall–Kier alpha value is -1.29. The zero-order chi connectivity index (χ0) is 14.1. The Morgan fingerprint density at radius 3 is 2.55 bits per heavy atom. The van der Waals surface area contributed by atoms with E-state index in [-0.39, 0.29) is 0 Å². The first-order valence-corrected chi connectivity index (χ1v) is 7.79. The molecule has 2 heterocycles. The molecule has 20 heavy (non-hydrogen) atoms. The van der Waals surface area contributed by atoms with Crippen LogP contribution in [0.4, 0.5) is 0 Å². The van der Waals surface area contributed by atoms with Crippen LogP contribution in [0.1, 0.15) is 55.6 Å². The Morgan fingerprint density at radius 2 is 1.95 bits per heavy atom. The average molecular weight is 276 g/mol. The first-order valence-electron chi connectivity index (χ1n) is 7.79. The van der Waals surface area contributed by atoms with Gasteiger partial charge in [-0.1, -0.05) is 6.92 Å². The molecule has 1 saturated carbocycles. The number of aromatic nitrogens is 1. The average Bonchev–Trinajstić information content (AvgIpc) is 3.07. The van der Waals surface area contributed by atoms with Crippen molar-refractivity contribution in [3.05, 3.63) is 24.0 Å². The van der Waals surface area contributed by atoms with Crippen LogP contribution in [-0.4, -0.2) is 39.7 Å². The van der Waals surface area contributed by atoms with E-state index in [9.17, 15) is 9.90 Å². The summed E-state index contributed by atoms with van der Waals surface area (Å²) in [4.78, 5) is 13.8. The fraction of sp³-hybridized carbons (Fsp3) is 0.688. The zero-order valence-electron chi connectivity index (χ0n) is 12.2. The van der Waals surface area contributed by atoms with Gasteiger partial charge in [-0.2, -0.15) is 0 Å². The van der Waals surface area contributed by atoms with Gasteiger partial charge < -0.3 is 14.6 Å². The predicted octanol–water partition coefficient (Wildman–Crippen LogP) is 3.01. The number of hydrogen-bond donors (Lipinski definition) is 1. The molecule has 110 valence electrons. The second-order valence-corrected chi connectivity index (χ2v) is 6.45. The number of aromatic carboxylic acids is 1. The second kappa shape index (κ2) is 5.60. The van der Waals surface area contributed by atoms with E-state index in [2.05, 4.69) is 11.8 Å². The van der Waals surface area contributed by atoms with Crippen LogP contribution in [0, 0.1) is 5.92 Å². The highest BCUT2D eigenvalue weighted by Gasteiger charge is 2.30. The molecule has 4 heteroatoms. The van der Waals surface area contributed by atoms with E-state index in [1.54, 1.807) is 6.07 Å². The molecule has 0 spiro atoms. The van der Waals surface area contributed by atoms with Gasteiger partial charge in [0.15, 0.2) is 0 Å². The first kappa shape index (κ1) is 13.7. The maximum atomic E-state index is 11.2. The number of carboxylic acid groups (broad SMARTS) is 1. The fourth-order valence-corrected chi connectivity index (χ4v) is 3.93. The number of carboxylic acids is 1. The third-order valence-electron chi connectivity index (χ3n) is 5.07. The van der Waals surface area contributed by atoms with Crippen LogP contribution in [0.25, 0.3) is 0 Å². The Kier molecular flexibility index (Phi) is 3.83. The predicted molar refractivity (Wildman–Crippen MR) is 78.0 cm³/mol. The van der Waals surface area contributed by atoms with Crippen LogP contribution in [-0.2, 0) is 0 Å². The molecule has 2 atom stereocenters. The summed E-state index contributed by atoms with van der Waals surface area (Å²) in [7, 11) is 0. The highest BCUT2D eigenvalue weighted by molar-refractivity contribution is 5.85. The van der Waals surface area contributed by atoms with Crippen molar-refractivity contribution in [1.82, 2.24) is 9.47 Å². The molecule has 1 aliphatic carbocycles. The van der Waals surface area contributed by atoms with E-state index in [4.69, 9.17) is 0 Å². The van der Waals surface area contributed by atoms with Crippen molar-refractivity contribution in [3.8, 4) is 0 Å². The lowest BCUT2D eigenvalue weighted by Gasteiger charge is -2.37. The van der Waals surface area contributed by atoms with Gasteiger partial charge in [-0.3, -0.25) is 0 Å². The van der Waals surface area contributed by atoms with Crippen LogP contribution in [0.15, 0.2) is 18.3 Å². The molecule has 0 radical (unpaired) electrons. The van der Waals surface area contributed by atoms with Gasteiger partial charge in [-0.25, -0.2) is 4.79 Å². The van der Waals surface area contributed by atoms with Gasteiger partial charge in [-0.15, -0.1) is 0 Å². The van der Waals surface area contributed by atoms with Gasteiger partial charge in [0.2, 0.25) is 0 Å². The maximum Gasteiger partial charge on any atom is 0.352 e. The maximum absolute atomic E-state index is 11.2. The van der Waals surface area contributed by atoms with Crippen molar-refractivity contribution in [2.24, 2.45) is 5.92 Å². The van der Waals surface area contributed by atoms with Gasteiger partial charge >= 0.3 is 5.97 Å². The monoisotopic (exact) mass is 276 g/mol. The molecule has 3 rings (SSSR count). The van der Waals surface area contributed by atoms with Gasteiger partial charge in [-0.05, 0) is 50.2 Å². The largest absolute Gasteiger partial charge is 0.477 e. The second-order valence-electron chi connectivity index (χ2n) is 6.45. The van der Waals surface area contributed by atoms with Crippen molar-refractivity contribution in [2.45, 2.75) is 51.1 Å². The third-order valence-corrected chi connectivity index (χ3v) is 5.07. The molecular weight excluding hydrogens is 252 g/mol. The van der Waals surface area contributed by atoms with Crippen molar-refractivity contribution in [3.63, 3.8) is 0 Å². The van der Waals surface area contributed by atoms with Crippen LogP contribution in [0.5, 0.6) is 0 Å². The molecular formula is C16H24N2O2. The lowest BCUT2D eigenvalue weighted by molar-refractivity contribution is 0.0675. The summed E-state index contributed by atoms with van der Waals surface area (Å²) >= 11 is 0. The van der Waals surface area contributed by atoms with Crippen LogP contribution in [0.2, 0.25) is 0 Å². The molecule has 0 aromatic carbocycles. The third kappa shape index (κ3) is 2.62. The minimum absolute atomic E-state index is 0.353. The number of likely N-dealkylation sites (tertiary alicyclic amines) is 1. The lowest BCUT2D eigenvalue weighted by Crippen LogP contribution is -2.41. The Balaban J connectivity index is 1.61. The van der Waals surface area contributed by atoms with E-state index < -0.39 is 5.97 Å². The standard InChI is InChI=1S/C16H24N2O2/c1-12-4-5-14(11-12)17-9-6-13(7-10-17)18-8-2-3-15(18)16(19)20/h2-3,8,12-14H,4-7,9-11H2,1H3,(H,19,20). The van der Waals surface area contributed by atoms with Gasteiger partial charge in [0.1, 0.15) is 5.69 Å². The number of nitrogens with zero attached hydrogens (tertiary/aromatic N) is 2. The van der Waals surface area contributed by atoms with E-state index in [1.165, 1.54) is 19.3 Å². The molecule has 2 fully saturated rings. The summed E-state index contributed by atoms with van der Waals surface area (Å²) in [6.45, 7) is 4.57. The first-order chi connectivity index (χ1) is 9.65. The SMILES string of the molecule is CC1CCC(N2CCC(n3cccc3C(=O)O)CC2)C1. The van der Waals surface area contributed by atoms with Gasteiger partial charge in [0.25, 0.3) is 0 Å². The summed E-state index contributed by atoms with van der Waals surface area (Å²) in [5.41, 5.74) is 0.429. The number of carbonyl (C=O) groups is 1. The molecule has 0 bridgehead atoms. The van der Waals surface area contributed by atoms with E-state index >= 15 is 0 Å². The van der Waals surface area contributed by atoms with E-state index in [0.717, 1.165) is 37.9 Å². The molecule has 0 amide bonds.